The van der Waals surface area contributed by atoms with Crippen LogP contribution in [0, 0.1) is 0 Å². The second kappa shape index (κ2) is 68.6. The molecule has 9 N–H and O–H groups in total. The summed E-state index contributed by atoms with van der Waals surface area (Å²) < 4.78 is 23.0. The van der Waals surface area contributed by atoms with Gasteiger partial charge in [0.2, 0.25) is 5.91 Å². The molecule has 2 saturated heterocycles. The molecule has 98 heavy (non-hydrogen) atoms. The van der Waals surface area contributed by atoms with Crippen LogP contribution in [0.15, 0.2) is 24.3 Å². The first-order valence-corrected chi connectivity index (χ1v) is 42.6. The third kappa shape index (κ3) is 50.8. The van der Waals surface area contributed by atoms with Crippen LogP contribution in [0.3, 0.4) is 0 Å². The molecule has 2 aliphatic heterocycles. The summed E-state index contributed by atoms with van der Waals surface area (Å²) in [5.74, 6) is -0.196. The average molecular weight is 1390 g/mol. The minimum absolute atomic E-state index is 0.196. The van der Waals surface area contributed by atoms with Crippen molar-refractivity contribution in [2.24, 2.45) is 0 Å². The standard InChI is InChI=1S/C84H161NO13/c1-3-5-7-9-11-13-15-17-19-21-23-25-27-28-29-30-31-32-33-34-35-36-37-38-39-40-41-42-43-44-46-48-50-52-54-56-58-60-62-64-66-68-76(89)85-72(71-95-83-81(94)79(92)82(75(70-87)97-83)98-84-80(93)78(91)77(90)74(69-86)96-84)73(88)67-65-63-61-59-57-55-53-51-49-47-45-26-24-22-20-18-16-14-12-10-8-6-4-2/h15,17,21,23,72-75,77-84,86-88,90-94H,3-14,16,18-20,22,24-71H2,1-2H3,(H,85,89)/b17-15-,23-21-. The van der Waals surface area contributed by atoms with Crippen molar-refractivity contribution in [3.05, 3.63) is 24.3 Å². The summed E-state index contributed by atoms with van der Waals surface area (Å²) in [5.41, 5.74) is 0. The molecule has 14 heteroatoms. The number of rotatable bonds is 73. The van der Waals surface area contributed by atoms with Crippen molar-refractivity contribution in [1.82, 2.24) is 5.32 Å². The van der Waals surface area contributed by atoms with E-state index in [9.17, 15) is 45.6 Å². The van der Waals surface area contributed by atoms with Crippen LogP contribution < -0.4 is 5.32 Å². The van der Waals surface area contributed by atoms with Crippen LogP contribution in [-0.2, 0) is 23.7 Å². The second-order valence-corrected chi connectivity index (χ2v) is 30.3. The number of carbonyl (C=O) groups excluding carboxylic acids is 1. The van der Waals surface area contributed by atoms with Crippen LogP contribution >= 0.6 is 0 Å². The van der Waals surface area contributed by atoms with Crippen LogP contribution in [0.4, 0.5) is 0 Å². The molecule has 0 aromatic heterocycles. The highest BCUT2D eigenvalue weighted by Gasteiger charge is 2.51. The summed E-state index contributed by atoms with van der Waals surface area (Å²) in [6.45, 7) is 2.93. The number of aliphatic hydroxyl groups excluding tert-OH is 8. The first-order chi connectivity index (χ1) is 48.1. The van der Waals surface area contributed by atoms with Gasteiger partial charge in [0.25, 0.3) is 0 Å². The Hall–Kier alpha value is -1.53. The number of hydrogen-bond acceptors (Lipinski definition) is 13. The number of carbonyl (C=O) groups is 1. The van der Waals surface area contributed by atoms with Crippen LogP contribution in [0.5, 0.6) is 0 Å². The average Bonchev–Trinajstić information content (AvgIpc) is 0.793. The van der Waals surface area contributed by atoms with E-state index in [2.05, 4.69) is 43.5 Å². The normalized spacial score (nSPS) is 22.1. The van der Waals surface area contributed by atoms with Crippen molar-refractivity contribution in [2.75, 3.05) is 19.8 Å². The molecule has 0 saturated carbocycles. The molecule has 2 heterocycles. The molecule has 580 valence electrons. The Bertz CT molecular complexity index is 1740. The Morgan fingerprint density at radius 3 is 1.02 bits per heavy atom. The van der Waals surface area contributed by atoms with Gasteiger partial charge < -0.3 is 65.1 Å². The molecule has 0 spiro atoms. The SMILES string of the molecule is CCCCCCC/C=C\C/C=C\CCCCCCCCCCCCCCCCCCCCCCCCCCCCCCCC(=O)NC(COC1OC(CO)C(OC2OC(CO)C(O)C(O)C2O)C(O)C1O)C(O)CCCCCCCCCCCCCCCCCCCCCCCCC. The first-order valence-electron chi connectivity index (χ1n) is 42.6. The minimum Gasteiger partial charge on any atom is -0.394 e. The van der Waals surface area contributed by atoms with E-state index in [0.29, 0.717) is 12.8 Å². The van der Waals surface area contributed by atoms with Gasteiger partial charge in [-0.15, -0.1) is 0 Å². The van der Waals surface area contributed by atoms with Crippen molar-refractivity contribution in [1.29, 1.82) is 0 Å². The van der Waals surface area contributed by atoms with Crippen molar-refractivity contribution in [2.45, 2.75) is 485 Å². The van der Waals surface area contributed by atoms with Crippen LogP contribution in [-0.4, -0.2) is 140 Å². The lowest BCUT2D eigenvalue weighted by Crippen LogP contribution is -2.65. The Morgan fingerprint density at radius 1 is 0.367 bits per heavy atom. The second-order valence-electron chi connectivity index (χ2n) is 30.3. The number of nitrogens with one attached hydrogen (secondary N) is 1. The number of hydrogen-bond donors (Lipinski definition) is 9. The lowest BCUT2D eigenvalue weighted by atomic mass is 9.97. The topological polar surface area (TPSA) is 228 Å². The van der Waals surface area contributed by atoms with Gasteiger partial charge in [0.05, 0.1) is 32.0 Å². The minimum atomic E-state index is -1.78. The number of ether oxygens (including phenoxy) is 4. The van der Waals surface area contributed by atoms with Gasteiger partial charge >= 0.3 is 0 Å². The number of allylic oxidation sites excluding steroid dienone is 4. The van der Waals surface area contributed by atoms with Crippen molar-refractivity contribution in [3.8, 4) is 0 Å². The fourth-order valence-corrected chi connectivity index (χ4v) is 14.5. The summed E-state index contributed by atoms with van der Waals surface area (Å²) in [5, 5.41) is 87.9. The maximum Gasteiger partial charge on any atom is 0.220 e. The Kier molecular flexibility index (Phi) is 64.8. The van der Waals surface area contributed by atoms with E-state index in [4.69, 9.17) is 18.9 Å². The fourth-order valence-electron chi connectivity index (χ4n) is 14.5. The zero-order valence-electron chi connectivity index (χ0n) is 63.8. The van der Waals surface area contributed by atoms with Crippen LogP contribution in [0.1, 0.15) is 412 Å². The number of aliphatic hydroxyl groups is 8. The molecule has 2 fully saturated rings. The van der Waals surface area contributed by atoms with E-state index in [1.54, 1.807) is 0 Å². The highest BCUT2D eigenvalue weighted by molar-refractivity contribution is 5.76. The first kappa shape index (κ1) is 92.6. The maximum absolute atomic E-state index is 13.4. The summed E-state index contributed by atoms with van der Waals surface area (Å²) in [7, 11) is 0. The quantitative estimate of drug-likeness (QED) is 0.0204. The van der Waals surface area contributed by atoms with Gasteiger partial charge in [-0.1, -0.05) is 385 Å². The zero-order valence-corrected chi connectivity index (χ0v) is 63.8. The third-order valence-electron chi connectivity index (χ3n) is 21.2. The predicted molar refractivity (Wildman–Crippen MR) is 406 cm³/mol. The van der Waals surface area contributed by atoms with Gasteiger partial charge in [-0.2, -0.15) is 0 Å². The third-order valence-corrected chi connectivity index (χ3v) is 21.2. The largest absolute Gasteiger partial charge is 0.394 e. The lowest BCUT2D eigenvalue weighted by molar-refractivity contribution is -0.359. The summed E-state index contributed by atoms with van der Waals surface area (Å²) >= 11 is 0. The van der Waals surface area contributed by atoms with E-state index in [0.717, 1.165) is 57.8 Å². The van der Waals surface area contributed by atoms with E-state index < -0.39 is 86.8 Å². The lowest BCUT2D eigenvalue weighted by Gasteiger charge is -2.46. The molecule has 0 aromatic carbocycles. The van der Waals surface area contributed by atoms with E-state index in [1.807, 2.05) is 0 Å². The zero-order chi connectivity index (χ0) is 70.8. The molecule has 0 radical (unpaired) electrons. The van der Waals surface area contributed by atoms with Crippen molar-refractivity contribution >= 4 is 5.91 Å². The molecular weight excluding hydrogens is 1230 g/mol. The molecule has 1 amide bonds. The summed E-state index contributed by atoms with van der Waals surface area (Å²) in [6, 6.07) is -0.827. The molecule has 12 atom stereocenters. The van der Waals surface area contributed by atoms with Gasteiger partial charge in [-0.05, 0) is 44.9 Å². The predicted octanol–water partition coefficient (Wildman–Crippen LogP) is 19.8. The molecule has 2 aliphatic rings. The van der Waals surface area contributed by atoms with Gasteiger partial charge in [-0.25, -0.2) is 0 Å². The van der Waals surface area contributed by atoms with Gasteiger partial charge in [-0.3, -0.25) is 4.79 Å². The monoisotopic (exact) mass is 1390 g/mol. The Labute approximate surface area is 602 Å². The van der Waals surface area contributed by atoms with E-state index in [1.165, 1.54) is 327 Å². The smallest absolute Gasteiger partial charge is 0.220 e. The van der Waals surface area contributed by atoms with Gasteiger partial charge in [0.15, 0.2) is 12.6 Å². The Balaban J connectivity index is 1.54. The van der Waals surface area contributed by atoms with E-state index >= 15 is 0 Å². The van der Waals surface area contributed by atoms with Gasteiger partial charge in [0, 0.05) is 6.42 Å². The summed E-state index contributed by atoms with van der Waals surface area (Å²) in [4.78, 5) is 13.4. The van der Waals surface area contributed by atoms with Crippen LogP contribution in [0.2, 0.25) is 0 Å². The fraction of sp³-hybridized carbons (Fsp3) is 0.940. The molecule has 14 nitrogen and oxygen atoms in total. The molecule has 2 rings (SSSR count). The van der Waals surface area contributed by atoms with Crippen molar-refractivity contribution < 1.29 is 64.6 Å². The maximum atomic E-state index is 13.4. The van der Waals surface area contributed by atoms with E-state index in [-0.39, 0.29) is 12.5 Å². The molecule has 0 bridgehead atoms. The molecule has 0 aliphatic carbocycles. The molecule has 0 aromatic rings. The highest BCUT2D eigenvalue weighted by Crippen LogP contribution is 2.31. The van der Waals surface area contributed by atoms with Crippen molar-refractivity contribution in [3.63, 3.8) is 0 Å². The summed E-state index contributed by atoms with van der Waals surface area (Å²) in [6.07, 6.45) is 72.5. The molecular formula is C84H161NO13. The Morgan fingerprint density at radius 2 is 0.673 bits per heavy atom. The van der Waals surface area contributed by atoms with Crippen LogP contribution in [0.25, 0.3) is 0 Å². The highest BCUT2D eigenvalue weighted by atomic mass is 16.7. The molecule has 12 unspecified atom stereocenters. The van der Waals surface area contributed by atoms with Gasteiger partial charge in [0.1, 0.15) is 48.8 Å². The number of unbranched alkanes of at least 4 members (excludes halogenated alkanes) is 56. The number of amides is 1.